The van der Waals surface area contributed by atoms with Crippen LogP contribution < -0.4 is 0 Å². The molecule has 3 rings (SSSR count). The van der Waals surface area contributed by atoms with E-state index in [4.69, 9.17) is 9.15 Å². The smallest absolute Gasteiger partial charge is 0.363 e. The van der Waals surface area contributed by atoms with E-state index in [-0.39, 0.29) is 5.70 Å². The van der Waals surface area contributed by atoms with Gasteiger partial charge in [0.1, 0.15) is 11.5 Å². The van der Waals surface area contributed by atoms with Crippen molar-refractivity contribution in [1.29, 1.82) is 0 Å². The third-order valence-electron chi connectivity index (χ3n) is 3.13. The summed E-state index contributed by atoms with van der Waals surface area (Å²) in [5.41, 5.74) is 3.25. The highest BCUT2D eigenvalue weighted by Crippen LogP contribution is 2.21. The number of ether oxygens (including phenoxy) is 1. The molecule has 0 saturated heterocycles. The van der Waals surface area contributed by atoms with Crippen molar-refractivity contribution in [3.05, 3.63) is 64.2 Å². The Balaban J connectivity index is 1.97. The average molecular weight is 281 g/mol. The Bertz CT molecular complexity index is 761. The molecule has 0 amide bonds. The number of cyclic esters (lactones) is 1. The van der Waals surface area contributed by atoms with E-state index in [1.165, 1.54) is 0 Å². The molecule has 0 saturated carbocycles. The maximum atomic E-state index is 11.9. The van der Waals surface area contributed by atoms with Gasteiger partial charge in [0.25, 0.3) is 0 Å². The molecular formula is C17H15NO3. The van der Waals surface area contributed by atoms with E-state index >= 15 is 0 Å². The summed E-state index contributed by atoms with van der Waals surface area (Å²) >= 11 is 0. The lowest BCUT2D eigenvalue weighted by atomic mass is 10.1. The largest absolute Gasteiger partial charge is 0.462 e. The predicted molar refractivity (Wildman–Crippen MR) is 80.0 cm³/mol. The molecule has 0 bridgehead atoms. The highest BCUT2D eigenvalue weighted by molar-refractivity contribution is 6.12. The number of carbonyl (C=O) groups is 1. The average Bonchev–Trinajstić information content (AvgIpc) is 2.96. The molecule has 0 N–H and O–H groups in total. The monoisotopic (exact) mass is 281 g/mol. The van der Waals surface area contributed by atoms with Crippen LogP contribution in [0.15, 0.2) is 45.4 Å². The number of nitrogens with zero attached hydrogens (tertiary/aromatic N) is 1. The topological polar surface area (TPSA) is 51.8 Å². The predicted octanol–water partition coefficient (Wildman–Crippen LogP) is 3.55. The summed E-state index contributed by atoms with van der Waals surface area (Å²) < 4.78 is 10.7. The van der Waals surface area contributed by atoms with Gasteiger partial charge < -0.3 is 9.15 Å². The van der Waals surface area contributed by atoms with Crippen LogP contribution in [0.25, 0.3) is 6.08 Å². The Kier molecular flexibility index (Phi) is 3.22. The maximum Gasteiger partial charge on any atom is 0.363 e. The molecule has 1 aliphatic heterocycles. The molecule has 4 nitrogen and oxygen atoms in total. The Morgan fingerprint density at radius 3 is 2.38 bits per heavy atom. The number of benzene rings is 1. The first-order chi connectivity index (χ1) is 10.0. The fourth-order valence-corrected chi connectivity index (χ4v) is 2.30. The van der Waals surface area contributed by atoms with Gasteiger partial charge in [-0.3, -0.25) is 0 Å². The van der Waals surface area contributed by atoms with Gasteiger partial charge in [-0.1, -0.05) is 17.2 Å². The van der Waals surface area contributed by atoms with Gasteiger partial charge in [-0.25, -0.2) is 9.79 Å². The van der Waals surface area contributed by atoms with Crippen LogP contribution in [-0.4, -0.2) is 11.9 Å². The molecule has 1 aromatic heterocycles. The lowest BCUT2D eigenvalue weighted by Gasteiger charge is -2.03. The normalized spacial score (nSPS) is 16.2. The number of rotatable bonds is 2. The van der Waals surface area contributed by atoms with Gasteiger partial charge in [0.2, 0.25) is 5.90 Å². The Morgan fingerprint density at radius 2 is 1.76 bits per heavy atom. The van der Waals surface area contributed by atoms with Gasteiger partial charge in [-0.2, -0.15) is 0 Å². The zero-order chi connectivity index (χ0) is 15.0. The number of aliphatic imine (C=N–C) groups is 1. The SMILES string of the molecule is Cc1cc(C)cc(C2=NC(=Cc3ccc(C)o3)C(=O)O2)c1. The molecule has 0 fully saturated rings. The molecule has 21 heavy (non-hydrogen) atoms. The van der Waals surface area contributed by atoms with Gasteiger partial charge in [0.05, 0.1) is 0 Å². The summed E-state index contributed by atoms with van der Waals surface area (Å²) in [6, 6.07) is 9.57. The van der Waals surface area contributed by atoms with Crippen molar-refractivity contribution in [3.8, 4) is 0 Å². The molecule has 0 spiro atoms. The molecule has 2 aromatic rings. The molecule has 0 radical (unpaired) electrons. The van der Waals surface area contributed by atoms with E-state index in [2.05, 4.69) is 11.1 Å². The van der Waals surface area contributed by atoms with Crippen molar-refractivity contribution in [1.82, 2.24) is 0 Å². The molecule has 0 atom stereocenters. The third-order valence-corrected chi connectivity index (χ3v) is 3.13. The van der Waals surface area contributed by atoms with E-state index in [9.17, 15) is 4.79 Å². The summed E-state index contributed by atoms with van der Waals surface area (Å²) in [6.45, 7) is 5.84. The van der Waals surface area contributed by atoms with Crippen LogP contribution in [0, 0.1) is 20.8 Å². The number of carbonyl (C=O) groups excluding carboxylic acids is 1. The molecule has 106 valence electrons. The van der Waals surface area contributed by atoms with E-state index in [1.54, 1.807) is 12.1 Å². The van der Waals surface area contributed by atoms with Gasteiger partial charge >= 0.3 is 5.97 Å². The number of hydrogen-bond donors (Lipinski definition) is 0. The Labute approximate surface area is 122 Å². The fourth-order valence-electron chi connectivity index (χ4n) is 2.30. The van der Waals surface area contributed by atoms with Gasteiger partial charge in [-0.05, 0) is 45.0 Å². The van der Waals surface area contributed by atoms with E-state index < -0.39 is 5.97 Å². The van der Waals surface area contributed by atoms with Gasteiger partial charge in [0, 0.05) is 11.6 Å². The standard InChI is InChI=1S/C17H15NO3/c1-10-6-11(2)8-13(7-10)16-18-15(17(19)21-16)9-14-5-4-12(3)20-14/h4-9H,1-3H3. The molecule has 4 heteroatoms. The molecule has 1 aliphatic rings. The first kappa shape index (κ1) is 13.4. The van der Waals surface area contributed by atoms with E-state index in [0.717, 1.165) is 22.5 Å². The van der Waals surface area contributed by atoms with E-state index in [1.807, 2.05) is 39.0 Å². The van der Waals surface area contributed by atoms with Crippen molar-refractivity contribution >= 4 is 17.9 Å². The summed E-state index contributed by atoms with van der Waals surface area (Å²) in [4.78, 5) is 16.2. The van der Waals surface area contributed by atoms with Crippen LogP contribution in [0.5, 0.6) is 0 Å². The van der Waals surface area contributed by atoms with Crippen LogP contribution >= 0.6 is 0 Å². The van der Waals surface area contributed by atoms with Crippen molar-refractivity contribution in [2.75, 3.05) is 0 Å². The lowest BCUT2D eigenvalue weighted by Crippen LogP contribution is -2.05. The summed E-state index contributed by atoms with van der Waals surface area (Å²) in [5.74, 6) is 1.25. The number of furan rings is 1. The van der Waals surface area contributed by atoms with Crippen molar-refractivity contribution < 1.29 is 13.9 Å². The zero-order valence-corrected chi connectivity index (χ0v) is 12.1. The van der Waals surface area contributed by atoms with Crippen LogP contribution in [0.4, 0.5) is 0 Å². The van der Waals surface area contributed by atoms with Crippen LogP contribution in [0.2, 0.25) is 0 Å². The molecule has 0 aliphatic carbocycles. The van der Waals surface area contributed by atoms with Crippen LogP contribution in [0.3, 0.4) is 0 Å². The minimum atomic E-state index is -0.460. The second-order valence-electron chi connectivity index (χ2n) is 5.16. The van der Waals surface area contributed by atoms with E-state index in [0.29, 0.717) is 11.7 Å². The highest BCUT2D eigenvalue weighted by atomic mass is 16.6. The second-order valence-corrected chi connectivity index (χ2v) is 5.16. The number of esters is 1. The number of aryl methyl sites for hydroxylation is 3. The molecular weight excluding hydrogens is 266 g/mol. The zero-order valence-electron chi connectivity index (χ0n) is 12.1. The van der Waals surface area contributed by atoms with Gasteiger partial charge in [0.15, 0.2) is 5.70 Å². The molecule has 1 aromatic carbocycles. The summed E-state index contributed by atoms with van der Waals surface area (Å²) in [6.07, 6.45) is 1.59. The summed E-state index contributed by atoms with van der Waals surface area (Å²) in [5, 5.41) is 0. The van der Waals surface area contributed by atoms with Crippen LogP contribution in [-0.2, 0) is 9.53 Å². The molecule has 0 unspecified atom stereocenters. The quantitative estimate of drug-likeness (QED) is 0.625. The maximum absolute atomic E-state index is 11.9. The second kappa shape index (κ2) is 5.05. The van der Waals surface area contributed by atoms with Gasteiger partial charge in [-0.15, -0.1) is 0 Å². The minimum absolute atomic E-state index is 0.249. The lowest BCUT2D eigenvalue weighted by molar-refractivity contribution is -0.129. The third kappa shape index (κ3) is 2.79. The van der Waals surface area contributed by atoms with Crippen molar-refractivity contribution in [2.24, 2.45) is 4.99 Å². The fraction of sp³-hybridized carbons (Fsp3) is 0.176. The first-order valence-electron chi connectivity index (χ1n) is 6.69. The highest BCUT2D eigenvalue weighted by Gasteiger charge is 2.24. The molecule has 2 heterocycles. The van der Waals surface area contributed by atoms with Crippen molar-refractivity contribution in [3.63, 3.8) is 0 Å². The minimum Gasteiger partial charge on any atom is -0.462 e. The number of hydrogen-bond acceptors (Lipinski definition) is 4. The van der Waals surface area contributed by atoms with Crippen LogP contribution in [0.1, 0.15) is 28.2 Å². The first-order valence-corrected chi connectivity index (χ1v) is 6.69. The summed E-state index contributed by atoms with van der Waals surface area (Å²) in [7, 11) is 0. The Hall–Kier alpha value is -2.62. The Morgan fingerprint density at radius 1 is 1.05 bits per heavy atom. The van der Waals surface area contributed by atoms with Crippen molar-refractivity contribution in [2.45, 2.75) is 20.8 Å².